The maximum Gasteiger partial charge on any atom is 0.306 e. The van der Waals surface area contributed by atoms with Gasteiger partial charge in [-0.05, 0) is 18.6 Å². The average molecular weight is 350 g/mol. The van der Waals surface area contributed by atoms with Crippen LogP contribution in [0.2, 0.25) is 0 Å². The number of carbonyl (C=O) groups excluding carboxylic acids is 1. The molecule has 1 N–H and O–H groups in total. The number of hydrogen-bond donors (Lipinski definition) is 1. The van der Waals surface area contributed by atoms with Gasteiger partial charge in [0.1, 0.15) is 6.61 Å². The molecule has 0 saturated heterocycles. The number of hydrogen-bond acceptors (Lipinski definition) is 6. The van der Waals surface area contributed by atoms with Crippen LogP contribution in [0, 0.1) is 5.92 Å². The average Bonchev–Trinajstić information content (AvgIpc) is 2.64. The summed E-state index contributed by atoms with van der Waals surface area (Å²) < 4.78 is 20.9. The lowest BCUT2D eigenvalue weighted by atomic mass is 9.91. The lowest BCUT2D eigenvalue weighted by Gasteiger charge is -2.23. The van der Waals surface area contributed by atoms with Gasteiger partial charge in [-0.2, -0.15) is 0 Å². The summed E-state index contributed by atoms with van der Waals surface area (Å²) in [6, 6.07) is 3.40. The van der Waals surface area contributed by atoms with Gasteiger partial charge in [0, 0.05) is 17.9 Å². The molecule has 0 aliphatic carbocycles. The monoisotopic (exact) mass is 350 g/mol. The fraction of sp³-hybridized carbons (Fsp3) is 0.421. The third-order valence-electron chi connectivity index (χ3n) is 3.81. The summed E-state index contributed by atoms with van der Waals surface area (Å²) in [4.78, 5) is 11.6. The first-order chi connectivity index (χ1) is 12.0. The van der Waals surface area contributed by atoms with Gasteiger partial charge in [-0.3, -0.25) is 4.79 Å². The van der Waals surface area contributed by atoms with E-state index in [2.05, 4.69) is 13.2 Å². The van der Waals surface area contributed by atoms with Crippen molar-refractivity contribution in [1.29, 1.82) is 0 Å². The molecule has 0 saturated carbocycles. The molecule has 6 heteroatoms. The minimum Gasteiger partial charge on any atom is -0.493 e. The van der Waals surface area contributed by atoms with Crippen molar-refractivity contribution in [2.45, 2.75) is 18.9 Å². The van der Waals surface area contributed by atoms with Crippen LogP contribution >= 0.6 is 0 Å². The Morgan fingerprint density at radius 3 is 2.36 bits per heavy atom. The van der Waals surface area contributed by atoms with E-state index < -0.39 is 6.10 Å². The van der Waals surface area contributed by atoms with Crippen LogP contribution in [0.4, 0.5) is 0 Å². The Hall–Kier alpha value is -2.47. The molecule has 0 spiro atoms. The predicted octanol–water partition coefficient (Wildman–Crippen LogP) is 3.06. The van der Waals surface area contributed by atoms with Crippen LogP contribution in [0.1, 0.15) is 24.5 Å². The number of ether oxygens (including phenoxy) is 4. The van der Waals surface area contributed by atoms with Crippen LogP contribution in [0.3, 0.4) is 0 Å². The smallest absolute Gasteiger partial charge is 0.306 e. The molecule has 2 atom stereocenters. The van der Waals surface area contributed by atoms with Crippen molar-refractivity contribution in [2.24, 2.45) is 5.92 Å². The van der Waals surface area contributed by atoms with Crippen LogP contribution < -0.4 is 14.2 Å². The Balaban J connectivity index is 2.99. The Bertz CT molecular complexity index is 596. The number of rotatable bonds is 11. The molecule has 0 heterocycles. The van der Waals surface area contributed by atoms with Gasteiger partial charge in [-0.25, -0.2) is 0 Å². The van der Waals surface area contributed by atoms with Crippen molar-refractivity contribution in [1.82, 2.24) is 0 Å². The molecule has 0 radical (unpaired) electrons. The molecular formula is C19H26O6. The summed E-state index contributed by atoms with van der Waals surface area (Å²) in [6.07, 6.45) is 2.75. The molecule has 1 aromatic carbocycles. The highest BCUT2D eigenvalue weighted by Crippen LogP contribution is 2.44. The number of aliphatic hydroxyl groups is 1. The lowest BCUT2D eigenvalue weighted by molar-refractivity contribution is -0.142. The first-order valence-corrected chi connectivity index (χ1v) is 7.89. The molecule has 0 aromatic heterocycles. The Labute approximate surface area is 148 Å². The van der Waals surface area contributed by atoms with Crippen LogP contribution in [0.25, 0.3) is 0 Å². The molecule has 25 heavy (non-hydrogen) atoms. The SMILES string of the molecule is C=CCOC(=O)CC[C@H](C=C)[C@@H](O)c1ccc(OC)c(OC)c1OC. The third kappa shape index (κ3) is 5.26. The van der Waals surface area contributed by atoms with Crippen LogP contribution in [0.5, 0.6) is 17.2 Å². The number of methoxy groups -OCH3 is 3. The molecule has 0 aliphatic rings. The first-order valence-electron chi connectivity index (χ1n) is 7.89. The Morgan fingerprint density at radius 1 is 1.16 bits per heavy atom. The van der Waals surface area contributed by atoms with Crippen molar-refractivity contribution in [2.75, 3.05) is 27.9 Å². The van der Waals surface area contributed by atoms with E-state index in [-0.39, 0.29) is 24.9 Å². The number of benzene rings is 1. The summed E-state index contributed by atoms with van der Waals surface area (Å²) in [5, 5.41) is 10.7. The normalized spacial score (nSPS) is 12.6. The highest BCUT2D eigenvalue weighted by atomic mass is 16.5. The molecule has 0 fully saturated rings. The summed E-state index contributed by atoms with van der Waals surface area (Å²) in [5.74, 6) is 0.574. The molecule has 0 amide bonds. The van der Waals surface area contributed by atoms with Crippen LogP contribution in [-0.4, -0.2) is 39.0 Å². The van der Waals surface area contributed by atoms with Gasteiger partial charge in [0.15, 0.2) is 11.5 Å². The quantitative estimate of drug-likeness (QED) is 0.488. The molecule has 6 nitrogen and oxygen atoms in total. The van der Waals surface area contributed by atoms with Gasteiger partial charge in [-0.15, -0.1) is 6.58 Å². The maximum atomic E-state index is 11.6. The van der Waals surface area contributed by atoms with Crippen molar-refractivity contribution in [3.63, 3.8) is 0 Å². The largest absolute Gasteiger partial charge is 0.493 e. The standard InChI is InChI=1S/C19H26O6/c1-6-12-25-16(20)11-8-13(7-2)17(21)14-9-10-15(22-3)19(24-5)18(14)23-4/h6-7,9-10,13,17,21H,1-2,8,11-12H2,3-5H3/t13-,17+/m0/s1. The second-order valence-electron chi connectivity index (χ2n) is 5.28. The molecule has 1 aromatic rings. The van der Waals surface area contributed by atoms with E-state index in [4.69, 9.17) is 18.9 Å². The first kappa shape index (κ1) is 20.6. The van der Waals surface area contributed by atoms with Gasteiger partial charge < -0.3 is 24.1 Å². The maximum absolute atomic E-state index is 11.6. The number of aliphatic hydroxyl groups excluding tert-OH is 1. The Morgan fingerprint density at radius 2 is 1.84 bits per heavy atom. The highest BCUT2D eigenvalue weighted by Gasteiger charge is 2.26. The van der Waals surface area contributed by atoms with Gasteiger partial charge in [0.25, 0.3) is 0 Å². The second-order valence-corrected chi connectivity index (χ2v) is 5.28. The lowest BCUT2D eigenvalue weighted by Crippen LogP contribution is -2.15. The predicted molar refractivity (Wildman–Crippen MR) is 95.1 cm³/mol. The molecule has 0 unspecified atom stereocenters. The second kappa shape index (κ2) is 10.4. The summed E-state index contributed by atoms with van der Waals surface area (Å²) in [6.45, 7) is 7.42. The minimum absolute atomic E-state index is 0.164. The van der Waals surface area contributed by atoms with E-state index in [9.17, 15) is 9.90 Å². The highest BCUT2D eigenvalue weighted by molar-refractivity contribution is 5.69. The fourth-order valence-corrected chi connectivity index (χ4v) is 2.50. The fourth-order valence-electron chi connectivity index (χ4n) is 2.50. The third-order valence-corrected chi connectivity index (χ3v) is 3.81. The van der Waals surface area contributed by atoms with Gasteiger partial charge in [0.2, 0.25) is 5.75 Å². The molecule has 0 aliphatic heterocycles. The summed E-state index contributed by atoms with van der Waals surface area (Å²) in [7, 11) is 4.51. The zero-order chi connectivity index (χ0) is 18.8. The van der Waals surface area contributed by atoms with E-state index in [1.807, 2.05) is 0 Å². The topological polar surface area (TPSA) is 74.2 Å². The van der Waals surface area contributed by atoms with Crippen molar-refractivity contribution < 1.29 is 28.8 Å². The number of carbonyl (C=O) groups is 1. The van der Waals surface area contributed by atoms with Gasteiger partial charge in [-0.1, -0.05) is 18.7 Å². The number of esters is 1. The van der Waals surface area contributed by atoms with E-state index in [1.165, 1.54) is 27.4 Å². The van der Waals surface area contributed by atoms with E-state index in [0.29, 0.717) is 29.2 Å². The summed E-state index contributed by atoms with van der Waals surface area (Å²) in [5.41, 5.74) is 0.532. The Kier molecular flexibility index (Phi) is 8.56. The molecular weight excluding hydrogens is 324 g/mol. The van der Waals surface area contributed by atoms with E-state index in [0.717, 1.165) is 0 Å². The van der Waals surface area contributed by atoms with E-state index in [1.54, 1.807) is 18.2 Å². The van der Waals surface area contributed by atoms with Crippen molar-refractivity contribution in [3.05, 3.63) is 43.0 Å². The molecule has 0 bridgehead atoms. The van der Waals surface area contributed by atoms with Crippen LogP contribution in [-0.2, 0) is 9.53 Å². The zero-order valence-corrected chi connectivity index (χ0v) is 15.0. The molecule has 138 valence electrons. The van der Waals surface area contributed by atoms with Crippen molar-refractivity contribution >= 4 is 5.97 Å². The van der Waals surface area contributed by atoms with Crippen LogP contribution in [0.15, 0.2) is 37.4 Å². The minimum atomic E-state index is -0.917. The van der Waals surface area contributed by atoms with Gasteiger partial charge in [0.05, 0.1) is 27.4 Å². The zero-order valence-electron chi connectivity index (χ0n) is 15.0. The molecule has 1 rings (SSSR count). The van der Waals surface area contributed by atoms with E-state index >= 15 is 0 Å². The summed E-state index contributed by atoms with van der Waals surface area (Å²) >= 11 is 0. The van der Waals surface area contributed by atoms with Gasteiger partial charge >= 0.3 is 5.97 Å². The van der Waals surface area contributed by atoms with Crippen molar-refractivity contribution in [3.8, 4) is 17.2 Å².